The Morgan fingerprint density at radius 3 is 2.30 bits per heavy atom. The summed E-state index contributed by atoms with van der Waals surface area (Å²) in [7, 11) is -4.73. The van der Waals surface area contributed by atoms with Crippen LogP contribution in [0, 0.1) is 31.3 Å². The third-order valence-corrected chi connectivity index (χ3v) is 8.86. The van der Waals surface area contributed by atoms with Crippen molar-refractivity contribution in [1.29, 1.82) is 0 Å². The van der Waals surface area contributed by atoms with Crippen molar-refractivity contribution in [2.24, 2.45) is 0 Å². The van der Waals surface area contributed by atoms with Crippen molar-refractivity contribution in [3.05, 3.63) is 76.2 Å². The largest absolute Gasteiger partial charge is 0.429 e. The van der Waals surface area contributed by atoms with E-state index in [0.717, 1.165) is 22.3 Å². The quantitative estimate of drug-likeness (QED) is 0.168. The predicted molar refractivity (Wildman–Crippen MR) is 157 cm³/mol. The summed E-state index contributed by atoms with van der Waals surface area (Å²) in [6.07, 6.45) is 1.66. The van der Waals surface area contributed by atoms with Crippen LogP contribution in [-0.4, -0.2) is 51.8 Å². The number of aromatic nitrogens is 1. The Hall–Kier alpha value is -3.97. The van der Waals surface area contributed by atoms with Crippen LogP contribution in [0.4, 0.5) is 33.3 Å². The molecule has 0 unspecified atom stereocenters. The zero-order valence-electron chi connectivity index (χ0n) is 23.6. The number of hydrogen-bond donors (Lipinski definition) is 0. The first kappa shape index (κ1) is 31.5. The second-order valence-electron chi connectivity index (χ2n) is 10.3. The Kier molecular flexibility index (Phi) is 8.47. The molecule has 0 bridgehead atoms. The molecule has 0 atom stereocenters. The Labute approximate surface area is 254 Å². The lowest BCUT2D eigenvalue weighted by molar-refractivity contribution is -0.118. The van der Waals surface area contributed by atoms with E-state index in [9.17, 15) is 30.8 Å². The minimum atomic E-state index is -4.73. The number of carbonyl (C=O) groups excluding carboxylic acids is 1. The minimum absolute atomic E-state index is 0.0398. The number of fused-ring (bicyclic) bond motifs is 1. The molecule has 2 heterocycles. The number of aryl methyl sites for hydroxylation is 2. The van der Waals surface area contributed by atoms with Crippen molar-refractivity contribution in [3.8, 4) is 16.9 Å². The number of pyridine rings is 1. The molecule has 5 rings (SSSR count). The summed E-state index contributed by atoms with van der Waals surface area (Å²) in [5.41, 5.74) is 3.75. The molecule has 7 nitrogen and oxygen atoms in total. The van der Waals surface area contributed by atoms with Gasteiger partial charge in [0.2, 0.25) is 11.7 Å². The number of sulfone groups is 1. The van der Waals surface area contributed by atoms with E-state index in [4.69, 9.17) is 11.6 Å². The zero-order valence-corrected chi connectivity index (χ0v) is 25.2. The van der Waals surface area contributed by atoms with Gasteiger partial charge < -0.3 is 14.5 Å². The van der Waals surface area contributed by atoms with Gasteiger partial charge in [-0.3, -0.25) is 9.78 Å². The van der Waals surface area contributed by atoms with Gasteiger partial charge in [0.15, 0.2) is 27.2 Å². The van der Waals surface area contributed by atoms with E-state index in [1.54, 1.807) is 23.2 Å². The monoisotopic (exact) mass is 653 g/mol. The van der Waals surface area contributed by atoms with Gasteiger partial charge in [0.1, 0.15) is 10.6 Å². The first-order chi connectivity index (χ1) is 20.7. The van der Waals surface area contributed by atoms with Gasteiger partial charge in [-0.2, -0.15) is 13.2 Å². The van der Waals surface area contributed by atoms with E-state index in [1.165, 1.54) is 0 Å². The topological polar surface area (TPSA) is 79.8 Å². The van der Waals surface area contributed by atoms with Gasteiger partial charge in [-0.15, -0.1) is 0 Å². The summed E-state index contributed by atoms with van der Waals surface area (Å²) < 4.78 is 99.8. The van der Waals surface area contributed by atoms with Crippen LogP contribution in [0.3, 0.4) is 0 Å². The van der Waals surface area contributed by atoms with Crippen molar-refractivity contribution in [3.63, 3.8) is 0 Å². The highest BCUT2D eigenvalue weighted by Gasteiger charge is 2.37. The van der Waals surface area contributed by atoms with E-state index in [-0.39, 0.29) is 19.5 Å². The Balaban J connectivity index is 1.57. The van der Waals surface area contributed by atoms with Gasteiger partial charge in [-0.05, 0) is 48.7 Å². The number of hydrogen-bond acceptors (Lipinski definition) is 6. The van der Waals surface area contributed by atoms with Crippen molar-refractivity contribution < 1.29 is 39.9 Å². The summed E-state index contributed by atoms with van der Waals surface area (Å²) >= 11 is 6.77. The fourth-order valence-corrected chi connectivity index (χ4v) is 6.62. The molecule has 1 aromatic heterocycles. The number of carbonyl (C=O) groups is 1. The number of anilines is 2. The fourth-order valence-electron chi connectivity index (χ4n) is 5.53. The summed E-state index contributed by atoms with van der Waals surface area (Å²) in [6, 6.07) is 11.2. The van der Waals surface area contributed by atoms with Crippen LogP contribution in [0.5, 0.6) is 5.75 Å². The molecule has 14 heteroatoms. The van der Waals surface area contributed by atoms with E-state index in [2.05, 4.69) is 9.72 Å². The van der Waals surface area contributed by atoms with Gasteiger partial charge >= 0.3 is 6.61 Å². The summed E-state index contributed by atoms with van der Waals surface area (Å²) in [5.74, 6) is -8.77. The number of alkyl halides is 2. The summed E-state index contributed by atoms with van der Waals surface area (Å²) in [5, 5.41) is 1.08. The standard InChI is InChI=1S/C30H25ClF5N3O4S/c1-15-5-4-6-16(2)23(15)17-14-20-18(13-19(17)31)21(7-9-37-20)38-10-8-22(40)39(12-11-38)27-26(34)29(44(3,41)42)25(33)24(32)28(27)43-30(35)36/h4-7,9,13-14,30H,8,10-12H2,1-3H3. The molecule has 232 valence electrons. The highest BCUT2D eigenvalue weighted by atomic mass is 35.5. The molecule has 4 aromatic rings. The van der Waals surface area contributed by atoms with Gasteiger partial charge in [-0.25, -0.2) is 17.2 Å². The molecular formula is C30H25ClF5N3O4S. The molecular weight excluding hydrogens is 629 g/mol. The second kappa shape index (κ2) is 11.8. The first-order valence-corrected chi connectivity index (χ1v) is 15.5. The number of halogens is 6. The van der Waals surface area contributed by atoms with Gasteiger partial charge in [-0.1, -0.05) is 29.8 Å². The van der Waals surface area contributed by atoms with Crippen LogP contribution < -0.4 is 14.5 Å². The molecule has 1 aliphatic heterocycles. The number of nitrogens with zero attached hydrogens (tertiary/aromatic N) is 3. The number of ether oxygens (including phenoxy) is 1. The summed E-state index contributed by atoms with van der Waals surface area (Å²) in [6.45, 7) is -0.187. The normalized spacial score (nSPS) is 14.5. The maximum absolute atomic E-state index is 15.6. The predicted octanol–water partition coefficient (Wildman–Crippen LogP) is 6.84. The van der Waals surface area contributed by atoms with Crippen LogP contribution >= 0.6 is 11.6 Å². The van der Waals surface area contributed by atoms with E-state index in [1.807, 2.05) is 38.1 Å². The van der Waals surface area contributed by atoms with Crippen molar-refractivity contribution >= 4 is 49.6 Å². The molecule has 0 aliphatic carbocycles. The van der Waals surface area contributed by atoms with Crippen LogP contribution in [0.25, 0.3) is 22.0 Å². The molecule has 1 amide bonds. The number of benzene rings is 3. The second-order valence-corrected chi connectivity index (χ2v) is 12.7. The molecule has 44 heavy (non-hydrogen) atoms. The smallest absolute Gasteiger partial charge is 0.387 e. The van der Waals surface area contributed by atoms with Crippen LogP contribution in [0.1, 0.15) is 17.5 Å². The SMILES string of the molecule is Cc1cccc(C)c1-c1cc2nccc(N3CCC(=O)N(c4c(F)c(S(C)(=O)=O)c(F)c(F)c4OC(F)F)CC3)c2cc1Cl. The van der Waals surface area contributed by atoms with Crippen LogP contribution in [-0.2, 0) is 14.6 Å². The first-order valence-electron chi connectivity index (χ1n) is 13.3. The number of amides is 1. The van der Waals surface area contributed by atoms with Crippen molar-refractivity contribution in [2.75, 3.05) is 35.7 Å². The van der Waals surface area contributed by atoms with Crippen LogP contribution in [0.2, 0.25) is 5.02 Å². The molecule has 0 N–H and O–H groups in total. The number of rotatable bonds is 6. The molecule has 0 radical (unpaired) electrons. The van der Waals surface area contributed by atoms with Gasteiger partial charge in [0, 0.05) is 60.2 Å². The highest BCUT2D eigenvalue weighted by Crippen LogP contribution is 2.42. The minimum Gasteiger partial charge on any atom is -0.429 e. The Morgan fingerprint density at radius 1 is 0.977 bits per heavy atom. The molecule has 3 aromatic carbocycles. The molecule has 1 aliphatic rings. The summed E-state index contributed by atoms with van der Waals surface area (Å²) in [4.78, 5) is 18.4. The van der Waals surface area contributed by atoms with E-state index in [0.29, 0.717) is 32.8 Å². The maximum Gasteiger partial charge on any atom is 0.387 e. The van der Waals surface area contributed by atoms with E-state index >= 15 is 4.39 Å². The average molecular weight is 654 g/mol. The molecule has 0 saturated carbocycles. The van der Waals surface area contributed by atoms with Crippen molar-refractivity contribution in [1.82, 2.24) is 4.98 Å². The lowest BCUT2D eigenvalue weighted by Gasteiger charge is -2.27. The molecule has 1 fully saturated rings. The van der Waals surface area contributed by atoms with Gasteiger partial charge in [0.25, 0.3) is 0 Å². The highest BCUT2D eigenvalue weighted by molar-refractivity contribution is 7.90. The van der Waals surface area contributed by atoms with Crippen LogP contribution in [0.15, 0.2) is 47.5 Å². The lowest BCUT2D eigenvalue weighted by atomic mass is 9.94. The Morgan fingerprint density at radius 2 is 1.66 bits per heavy atom. The van der Waals surface area contributed by atoms with Crippen molar-refractivity contribution in [2.45, 2.75) is 31.8 Å². The third kappa shape index (κ3) is 5.65. The Bertz CT molecular complexity index is 1900. The van der Waals surface area contributed by atoms with Gasteiger partial charge in [0.05, 0.1) is 5.52 Å². The van der Waals surface area contributed by atoms with E-state index < -0.39 is 62.7 Å². The molecule has 0 spiro atoms. The fraction of sp³-hybridized carbons (Fsp3) is 0.267. The lowest BCUT2D eigenvalue weighted by Crippen LogP contribution is -2.35. The average Bonchev–Trinajstić information content (AvgIpc) is 3.12. The maximum atomic E-state index is 15.6. The zero-order chi connectivity index (χ0) is 32.1. The molecule has 1 saturated heterocycles. The third-order valence-electron chi connectivity index (χ3n) is 7.45.